The van der Waals surface area contributed by atoms with Crippen molar-refractivity contribution in [2.45, 2.75) is 99.7 Å². The van der Waals surface area contributed by atoms with Crippen molar-refractivity contribution in [3.63, 3.8) is 0 Å². The zero-order valence-corrected chi connectivity index (χ0v) is 23.1. The largest absolute Gasteiger partial charge is 0.338 e. The molecule has 1 rings (SSSR count). The van der Waals surface area contributed by atoms with Gasteiger partial charge in [0.25, 0.3) is 0 Å². The molecule has 0 aliphatic carbocycles. The minimum atomic E-state index is -3.11. The van der Waals surface area contributed by atoms with Crippen LogP contribution >= 0.6 is 7.26 Å². The Hall–Kier alpha value is -1.00. The number of Topliss-reactive ketones (excluding diaryl/α,β-unsaturated/α-hetero) is 1. The number of ketones is 1. The Morgan fingerprint density at radius 3 is 1.73 bits per heavy atom. The zero-order valence-electron chi connectivity index (χ0n) is 21.2. The van der Waals surface area contributed by atoms with Crippen molar-refractivity contribution in [2.24, 2.45) is 20.7 Å². The lowest BCUT2D eigenvalue weighted by molar-refractivity contribution is -0.119. The van der Waals surface area contributed by atoms with Gasteiger partial charge in [-0.05, 0) is 16.6 Å². The lowest BCUT2D eigenvalue weighted by Crippen LogP contribution is -2.61. The summed E-state index contributed by atoms with van der Waals surface area (Å²) >= 11 is 0. The number of hydrazone groups is 1. The summed E-state index contributed by atoms with van der Waals surface area (Å²) in [6.45, 7) is 25.2. The molecule has 0 saturated heterocycles. The fourth-order valence-corrected chi connectivity index (χ4v) is 15.2. The van der Waals surface area contributed by atoms with E-state index in [0.29, 0.717) is 27.5 Å². The first-order valence-electron chi connectivity index (χ1n) is 10.8. The summed E-state index contributed by atoms with van der Waals surface area (Å²) < 4.78 is 12.4. The van der Waals surface area contributed by atoms with Crippen molar-refractivity contribution >= 4 is 38.2 Å². The van der Waals surface area contributed by atoms with Crippen molar-refractivity contribution in [3.05, 3.63) is 0 Å². The highest BCUT2D eigenvalue weighted by atomic mass is 31.2. The van der Waals surface area contributed by atoms with Gasteiger partial charge in [0.15, 0.2) is 21.3 Å². The van der Waals surface area contributed by atoms with Gasteiger partial charge in [0, 0.05) is 17.9 Å². The van der Waals surface area contributed by atoms with E-state index in [4.69, 9.17) is 9.63 Å². The van der Waals surface area contributed by atoms with Crippen molar-refractivity contribution in [1.29, 1.82) is 0 Å². The summed E-state index contributed by atoms with van der Waals surface area (Å²) in [6, 6.07) is 0. The number of carbonyl (C=O) groups is 1. The van der Waals surface area contributed by atoms with Crippen LogP contribution in [0.3, 0.4) is 0 Å². The minimum Gasteiger partial charge on any atom is -0.338 e. The van der Waals surface area contributed by atoms with Gasteiger partial charge in [0.2, 0.25) is 6.08 Å². The van der Waals surface area contributed by atoms with E-state index in [1.807, 2.05) is 41.5 Å². The standard InChI is InChI=1S/C22H42N3O3PSi/c1-15(2)30(16(3)4,17(5)6)25-19(18(27)21(7,8)9)29(28-13,23-14-26)20(24-25)22(10,11)12/h15-17H,1-13H3. The number of nitrogens with zero attached hydrogens (tertiary/aromatic N) is 3. The smallest absolute Gasteiger partial charge is 0.241 e. The molecule has 0 bridgehead atoms. The first kappa shape index (κ1) is 27.0. The highest BCUT2D eigenvalue weighted by molar-refractivity contribution is 7.88. The molecule has 1 unspecified atom stereocenters. The van der Waals surface area contributed by atoms with Crippen LogP contribution in [0.1, 0.15) is 83.1 Å². The Morgan fingerprint density at radius 2 is 1.47 bits per heavy atom. The molecule has 0 amide bonds. The third kappa shape index (κ3) is 4.19. The van der Waals surface area contributed by atoms with Gasteiger partial charge in [-0.25, -0.2) is 4.79 Å². The van der Waals surface area contributed by atoms with Crippen LogP contribution in [0.5, 0.6) is 0 Å². The van der Waals surface area contributed by atoms with Crippen molar-refractivity contribution in [2.75, 3.05) is 7.11 Å². The highest BCUT2D eigenvalue weighted by Crippen LogP contribution is 2.63. The van der Waals surface area contributed by atoms with E-state index in [-0.39, 0.29) is 5.78 Å². The van der Waals surface area contributed by atoms with E-state index in [9.17, 15) is 9.59 Å². The molecule has 172 valence electrons. The molecule has 30 heavy (non-hydrogen) atoms. The maximum atomic E-state index is 13.9. The number of hydrogen-bond donors (Lipinski definition) is 0. The number of rotatable bonds is 7. The van der Waals surface area contributed by atoms with E-state index >= 15 is 0 Å². The molecule has 0 aromatic carbocycles. The Labute approximate surface area is 184 Å². The van der Waals surface area contributed by atoms with Gasteiger partial charge < -0.3 is 4.52 Å². The summed E-state index contributed by atoms with van der Waals surface area (Å²) in [4.78, 5) is 25.6. The fraction of sp³-hybridized carbons (Fsp3) is 0.818. The second kappa shape index (κ2) is 8.86. The second-order valence-electron chi connectivity index (χ2n) is 11.2. The SMILES string of the molecule is COP1(N=C=O)=C(C(=O)C(C)(C)C)N([Si](C(C)C)(C(C)C)C(C)C)N=C1C(C)(C)C. The van der Waals surface area contributed by atoms with Crippen molar-refractivity contribution < 1.29 is 14.1 Å². The van der Waals surface area contributed by atoms with Crippen LogP contribution in [0, 0.1) is 10.8 Å². The van der Waals surface area contributed by atoms with Gasteiger partial charge in [0.05, 0.1) is 0 Å². The van der Waals surface area contributed by atoms with Gasteiger partial charge in [-0.2, -0.15) is 5.10 Å². The molecule has 1 aliphatic heterocycles. The molecule has 0 aromatic rings. The predicted octanol–water partition coefficient (Wildman–Crippen LogP) is 6.41. The molecule has 1 atom stereocenters. The lowest BCUT2D eigenvalue weighted by atomic mass is 9.91. The van der Waals surface area contributed by atoms with E-state index < -0.39 is 26.3 Å². The molecule has 1 heterocycles. The van der Waals surface area contributed by atoms with Gasteiger partial charge in [-0.15, -0.1) is 4.76 Å². The monoisotopic (exact) mass is 455 g/mol. The quantitative estimate of drug-likeness (QED) is 0.192. The van der Waals surface area contributed by atoms with Gasteiger partial charge in [0.1, 0.15) is 10.9 Å². The van der Waals surface area contributed by atoms with E-state index in [1.165, 1.54) is 0 Å². The molecule has 8 heteroatoms. The third-order valence-electron chi connectivity index (χ3n) is 6.11. The average molecular weight is 456 g/mol. The third-order valence-corrected chi connectivity index (χ3v) is 16.1. The second-order valence-corrected chi connectivity index (χ2v) is 19.4. The predicted molar refractivity (Wildman–Crippen MR) is 131 cm³/mol. The first-order valence-corrected chi connectivity index (χ1v) is 14.7. The molecule has 0 radical (unpaired) electrons. The molecule has 0 N–H and O–H groups in total. The fourth-order valence-electron chi connectivity index (χ4n) is 4.97. The molecule has 0 spiro atoms. The average Bonchev–Trinajstić information content (AvgIpc) is 2.88. The van der Waals surface area contributed by atoms with Gasteiger partial charge in [-0.3, -0.25) is 9.47 Å². The van der Waals surface area contributed by atoms with Crippen LogP contribution in [-0.4, -0.2) is 42.8 Å². The summed E-state index contributed by atoms with van der Waals surface area (Å²) in [6.07, 6.45) is 1.73. The minimum absolute atomic E-state index is 0.0569. The number of hydrogen-bond acceptors (Lipinski definition) is 6. The van der Waals surface area contributed by atoms with Crippen LogP contribution < -0.4 is 0 Å². The molecule has 0 saturated carbocycles. The number of carbonyl (C=O) groups excluding carboxylic acids is 2. The van der Waals surface area contributed by atoms with E-state index in [2.05, 4.69) is 51.0 Å². The molecule has 0 fully saturated rings. The van der Waals surface area contributed by atoms with Crippen LogP contribution in [0.4, 0.5) is 0 Å². The molecular formula is C22H42N3O3PSi. The molecule has 6 nitrogen and oxygen atoms in total. The number of isocyanates is 1. The summed E-state index contributed by atoms with van der Waals surface area (Å²) in [5, 5.41) is 5.16. The Morgan fingerprint density at radius 1 is 1.03 bits per heavy atom. The summed E-state index contributed by atoms with van der Waals surface area (Å²) in [7, 11) is -3.98. The van der Waals surface area contributed by atoms with E-state index in [1.54, 1.807) is 13.2 Å². The van der Waals surface area contributed by atoms with E-state index in [0.717, 1.165) is 0 Å². The van der Waals surface area contributed by atoms with Crippen LogP contribution in [0.2, 0.25) is 16.6 Å². The highest BCUT2D eigenvalue weighted by Gasteiger charge is 2.58. The maximum Gasteiger partial charge on any atom is 0.241 e. The Bertz CT molecular complexity index is 789. The van der Waals surface area contributed by atoms with Gasteiger partial charge in [-0.1, -0.05) is 83.1 Å². The lowest BCUT2D eigenvalue weighted by Gasteiger charge is -2.49. The van der Waals surface area contributed by atoms with Gasteiger partial charge >= 0.3 is 0 Å². The molecule has 0 aromatic heterocycles. The maximum absolute atomic E-state index is 13.9. The Kier molecular flexibility index (Phi) is 7.98. The summed E-state index contributed by atoms with van der Waals surface area (Å²) in [5.41, 5.74) is 1.05. The molecule has 1 aliphatic rings. The Balaban J connectivity index is 4.33. The zero-order chi connectivity index (χ0) is 23.9. The molecular weight excluding hydrogens is 413 g/mol. The normalized spacial score (nSPS) is 20.9. The topological polar surface area (TPSA) is 71.3 Å². The van der Waals surface area contributed by atoms with Crippen LogP contribution in [0.25, 0.3) is 0 Å². The van der Waals surface area contributed by atoms with Crippen LogP contribution in [0.15, 0.2) is 9.86 Å². The van der Waals surface area contributed by atoms with Crippen molar-refractivity contribution in [1.82, 2.24) is 4.67 Å². The summed E-state index contributed by atoms with van der Waals surface area (Å²) in [5.74, 6) is -0.0569. The first-order chi connectivity index (χ1) is 13.5. The van der Waals surface area contributed by atoms with Crippen LogP contribution in [-0.2, 0) is 14.1 Å². The van der Waals surface area contributed by atoms with Crippen molar-refractivity contribution in [3.8, 4) is 0 Å².